The molecule has 1 fully saturated rings. The van der Waals surface area contributed by atoms with Crippen LogP contribution in [-0.2, 0) is 11.3 Å². The summed E-state index contributed by atoms with van der Waals surface area (Å²) in [5.41, 5.74) is 1.25. The Kier molecular flexibility index (Phi) is 7.53. The van der Waals surface area contributed by atoms with Gasteiger partial charge < -0.3 is 19.9 Å². The van der Waals surface area contributed by atoms with Gasteiger partial charge in [-0.3, -0.25) is 4.90 Å². The average Bonchev–Trinajstić information content (AvgIpc) is 2.55. The third-order valence-corrected chi connectivity index (χ3v) is 3.54. The number of nitrogens with one attached hydrogen (secondary N) is 1. The smallest absolute Gasteiger partial charge is 0.119 e. The standard InChI is InChI=1S/C16H26N2O3/c19-10-13-21-16-4-2-15(3-5-16)14-17-6-1-7-18-8-11-20-12-9-18/h2-5,17,19H,1,6-14H2. The topological polar surface area (TPSA) is 54.0 Å². The maximum Gasteiger partial charge on any atom is 0.119 e. The normalized spacial score (nSPS) is 16.0. The monoisotopic (exact) mass is 294 g/mol. The minimum atomic E-state index is 0.0481. The Morgan fingerprint density at radius 3 is 2.67 bits per heavy atom. The SMILES string of the molecule is OCCOc1ccc(CNCCCN2CCOCC2)cc1. The molecule has 0 amide bonds. The number of nitrogens with zero attached hydrogens (tertiary/aromatic N) is 1. The first-order valence-electron chi connectivity index (χ1n) is 7.72. The molecular formula is C16H26N2O3. The third-order valence-electron chi connectivity index (χ3n) is 3.54. The van der Waals surface area contributed by atoms with Crippen molar-refractivity contribution in [3.05, 3.63) is 29.8 Å². The van der Waals surface area contributed by atoms with Crippen LogP contribution in [0.1, 0.15) is 12.0 Å². The molecule has 0 aliphatic carbocycles. The molecule has 1 saturated heterocycles. The number of ether oxygens (including phenoxy) is 2. The van der Waals surface area contributed by atoms with E-state index in [1.807, 2.05) is 12.1 Å². The van der Waals surface area contributed by atoms with Crippen molar-refractivity contribution in [1.82, 2.24) is 10.2 Å². The Balaban J connectivity index is 1.55. The van der Waals surface area contributed by atoms with Crippen molar-refractivity contribution >= 4 is 0 Å². The van der Waals surface area contributed by atoms with E-state index in [2.05, 4.69) is 22.3 Å². The number of rotatable bonds is 9. The van der Waals surface area contributed by atoms with Gasteiger partial charge in [0.05, 0.1) is 19.8 Å². The summed E-state index contributed by atoms with van der Waals surface area (Å²) < 4.78 is 10.7. The molecule has 0 bridgehead atoms. The van der Waals surface area contributed by atoms with Crippen molar-refractivity contribution in [2.75, 3.05) is 52.6 Å². The summed E-state index contributed by atoms with van der Waals surface area (Å²) in [6, 6.07) is 8.00. The first kappa shape index (κ1) is 16.2. The van der Waals surface area contributed by atoms with Crippen LogP contribution in [0, 0.1) is 0 Å². The molecule has 2 rings (SSSR count). The molecule has 5 heteroatoms. The fourth-order valence-electron chi connectivity index (χ4n) is 2.35. The van der Waals surface area contributed by atoms with Gasteiger partial charge in [0, 0.05) is 19.6 Å². The van der Waals surface area contributed by atoms with E-state index < -0.39 is 0 Å². The molecule has 5 nitrogen and oxygen atoms in total. The quantitative estimate of drug-likeness (QED) is 0.662. The van der Waals surface area contributed by atoms with Gasteiger partial charge in [-0.25, -0.2) is 0 Å². The minimum Gasteiger partial charge on any atom is -0.491 e. The molecule has 0 saturated carbocycles. The lowest BCUT2D eigenvalue weighted by Crippen LogP contribution is -2.37. The molecule has 1 aromatic rings. The van der Waals surface area contributed by atoms with Crippen molar-refractivity contribution in [2.45, 2.75) is 13.0 Å². The molecule has 0 spiro atoms. The van der Waals surface area contributed by atoms with E-state index in [1.165, 1.54) is 5.56 Å². The fraction of sp³-hybridized carbons (Fsp3) is 0.625. The van der Waals surface area contributed by atoms with Gasteiger partial charge in [-0.05, 0) is 37.2 Å². The van der Waals surface area contributed by atoms with Gasteiger partial charge in [0.2, 0.25) is 0 Å². The van der Waals surface area contributed by atoms with Crippen LogP contribution in [0.25, 0.3) is 0 Å². The van der Waals surface area contributed by atoms with Crippen LogP contribution in [-0.4, -0.2) is 62.6 Å². The van der Waals surface area contributed by atoms with Crippen LogP contribution in [0.2, 0.25) is 0 Å². The number of aliphatic hydroxyl groups is 1. The number of hydrogen-bond acceptors (Lipinski definition) is 5. The number of hydrogen-bond donors (Lipinski definition) is 2. The first-order chi connectivity index (χ1) is 10.4. The average molecular weight is 294 g/mol. The molecule has 1 aromatic carbocycles. The summed E-state index contributed by atoms with van der Waals surface area (Å²) in [5.74, 6) is 0.806. The maximum absolute atomic E-state index is 8.70. The molecule has 1 aliphatic rings. The van der Waals surface area contributed by atoms with Crippen LogP contribution >= 0.6 is 0 Å². The zero-order valence-corrected chi connectivity index (χ0v) is 12.6. The van der Waals surface area contributed by atoms with Crippen molar-refractivity contribution in [3.8, 4) is 5.75 Å². The van der Waals surface area contributed by atoms with E-state index in [4.69, 9.17) is 14.6 Å². The zero-order valence-electron chi connectivity index (χ0n) is 12.6. The molecule has 1 aliphatic heterocycles. The van der Waals surface area contributed by atoms with Gasteiger partial charge in [0.1, 0.15) is 12.4 Å². The molecule has 0 atom stereocenters. The van der Waals surface area contributed by atoms with Crippen LogP contribution in [0.15, 0.2) is 24.3 Å². The lowest BCUT2D eigenvalue weighted by atomic mass is 10.2. The van der Waals surface area contributed by atoms with Gasteiger partial charge in [-0.15, -0.1) is 0 Å². The first-order valence-corrected chi connectivity index (χ1v) is 7.72. The highest BCUT2D eigenvalue weighted by Gasteiger charge is 2.08. The van der Waals surface area contributed by atoms with Gasteiger partial charge in [0.25, 0.3) is 0 Å². The maximum atomic E-state index is 8.70. The zero-order chi connectivity index (χ0) is 14.8. The second kappa shape index (κ2) is 9.73. The van der Waals surface area contributed by atoms with Gasteiger partial charge >= 0.3 is 0 Å². The Morgan fingerprint density at radius 1 is 1.19 bits per heavy atom. The van der Waals surface area contributed by atoms with Crippen LogP contribution in [0.3, 0.4) is 0 Å². The van der Waals surface area contributed by atoms with E-state index in [1.54, 1.807) is 0 Å². The summed E-state index contributed by atoms with van der Waals surface area (Å²) in [6.07, 6.45) is 1.16. The summed E-state index contributed by atoms with van der Waals surface area (Å²) >= 11 is 0. The summed E-state index contributed by atoms with van der Waals surface area (Å²) in [7, 11) is 0. The summed E-state index contributed by atoms with van der Waals surface area (Å²) in [4.78, 5) is 2.46. The summed E-state index contributed by atoms with van der Waals surface area (Å²) in [6.45, 7) is 7.32. The fourth-order valence-corrected chi connectivity index (χ4v) is 2.35. The highest BCUT2D eigenvalue weighted by atomic mass is 16.5. The molecule has 0 radical (unpaired) electrons. The lowest BCUT2D eigenvalue weighted by Gasteiger charge is -2.26. The molecule has 2 N–H and O–H groups in total. The van der Waals surface area contributed by atoms with Crippen molar-refractivity contribution in [3.63, 3.8) is 0 Å². The lowest BCUT2D eigenvalue weighted by molar-refractivity contribution is 0.0374. The van der Waals surface area contributed by atoms with E-state index in [9.17, 15) is 0 Å². The molecular weight excluding hydrogens is 268 g/mol. The van der Waals surface area contributed by atoms with Gasteiger partial charge in [-0.2, -0.15) is 0 Å². The Bertz CT molecular complexity index is 378. The predicted octanol–water partition coefficient (Wildman–Crippen LogP) is 0.870. The molecule has 1 heterocycles. The third kappa shape index (κ3) is 6.44. The Labute approximate surface area is 126 Å². The second-order valence-corrected chi connectivity index (χ2v) is 5.20. The van der Waals surface area contributed by atoms with Gasteiger partial charge in [0.15, 0.2) is 0 Å². The highest BCUT2D eigenvalue weighted by Crippen LogP contribution is 2.11. The molecule has 21 heavy (non-hydrogen) atoms. The highest BCUT2D eigenvalue weighted by molar-refractivity contribution is 5.27. The number of benzene rings is 1. The minimum absolute atomic E-state index is 0.0481. The Morgan fingerprint density at radius 2 is 1.95 bits per heavy atom. The van der Waals surface area contributed by atoms with Crippen molar-refractivity contribution in [1.29, 1.82) is 0 Å². The van der Waals surface area contributed by atoms with Crippen molar-refractivity contribution in [2.24, 2.45) is 0 Å². The second-order valence-electron chi connectivity index (χ2n) is 5.20. The summed E-state index contributed by atoms with van der Waals surface area (Å²) in [5, 5.41) is 12.2. The number of aliphatic hydroxyl groups excluding tert-OH is 1. The van der Waals surface area contributed by atoms with E-state index in [0.29, 0.717) is 6.61 Å². The number of morpholine rings is 1. The van der Waals surface area contributed by atoms with E-state index in [0.717, 1.165) is 58.1 Å². The molecule has 118 valence electrons. The largest absolute Gasteiger partial charge is 0.491 e. The van der Waals surface area contributed by atoms with Crippen LogP contribution in [0.4, 0.5) is 0 Å². The predicted molar refractivity (Wildman–Crippen MR) is 82.6 cm³/mol. The van der Waals surface area contributed by atoms with E-state index >= 15 is 0 Å². The Hall–Kier alpha value is -1.14. The molecule has 0 unspecified atom stereocenters. The molecule has 0 aromatic heterocycles. The van der Waals surface area contributed by atoms with Crippen LogP contribution in [0.5, 0.6) is 5.75 Å². The van der Waals surface area contributed by atoms with Gasteiger partial charge in [-0.1, -0.05) is 12.1 Å². The van der Waals surface area contributed by atoms with Crippen molar-refractivity contribution < 1.29 is 14.6 Å². The van der Waals surface area contributed by atoms with Crippen LogP contribution < -0.4 is 10.1 Å². The van der Waals surface area contributed by atoms with E-state index in [-0.39, 0.29) is 6.61 Å².